The minimum Gasteiger partial charge on any atom is -0.367 e. The maximum Gasteiger partial charge on any atom is 0.140 e. The Bertz CT molecular complexity index is 920. The van der Waals surface area contributed by atoms with Crippen molar-refractivity contribution >= 4 is 17.4 Å². The first-order valence-electron chi connectivity index (χ1n) is 9.18. The summed E-state index contributed by atoms with van der Waals surface area (Å²) < 4.78 is 13.7. The fourth-order valence-corrected chi connectivity index (χ4v) is 5.65. The lowest BCUT2D eigenvalue weighted by Gasteiger charge is -2.33. The lowest BCUT2D eigenvalue weighted by Crippen LogP contribution is -2.44. The molecule has 1 N–H and O–H groups in total. The molecule has 1 fully saturated rings. The minimum atomic E-state index is -0.450. The van der Waals surface area contributed by atoms with Gasteiger partial charge in [0, 0.05) is 42.2 Å². The van der Waals surface area contributed by atoms with Gasteiger partial charge in [-0.15, -0.1) is 0 Å². The van der Waals surface area contributed by atoms with Crippen LogP contribution in [0.1, 0.15) is 29.0 Å². The molecule has 0 radical (unpaired) electrons. The van der Waals surface area contributed by atoms with Crippen LogP contribution in [-0.2, 0) is 5.75 Å². The summed E-state index contributed by atoms with van der Waals surface area (Å²) in [6.07, 6.45) is 1.19. The Morgan fingerprint density at radius 3 is 3.04 bits per heavy atom. The van der Waals surface area contributed by atoms with Crippen LogP contribution in [0.3, 0.4) is 0 Å². The van der Waals surface area contributed by atoms with E-state index in [2.05, 4.69) is 22.3 Å². The molecule has 0 aliphatic carbocycles. The van der Waals surface area contributed by atoms with E-state index in [1.807, 2.05) is 17.8 Å². The number of anilines is 1. The van der Waals surface area contributed by atoms with Crippen LogP contribution in [0.2, 0.25) is 0 Å². The Kier molecular flexibility index (Phi) is 3.91. The molecule has 2 unspecified atom stereocenters. The summed E-state index contributed by atoms with van der Waals surface area (Å²) in [4.78, 5) is 2.64. The number of thioether (sulfide) groups is 1. The van der Waals surface area contributed by atoms with E-state index in [0.29, 0.717) is 12.0 Å². The van der Waals surface area contributed by atoms with Crippen LogP contribution in [0.15, 0.2) is 30.3 Å². The Hall–Kier alpha value is -2.03. The Labute approximate surface area is 157 Å². The second-order valence-electron chi connectivity index (χ2n) is 7.29. The third-order valence-electron chi connectivity index (χ3n) is 5.91. The summed E-state index contributed by atoms with van der Waals surface area (Å²) in [5, 5.41) is 12.7. The van der Waals surface area contributed by atoms with Gasteiger partial charge in [0.25, 0.3) is 0 Å². The monoisotopic (exact) mass is 365 g/mol. The molecule has 0 bridgehead atoms. The van der Waals surface area contributed by atoms with Crippen LogP contribution < -0.4 is 10.2 Å². The van der Waals surface area contributed by atoms with Gasteiger partial charge < -0.3 is 10.2 Å². The Morgan fingerprint density at radius 2 is 2.15 bits per heavy atom. The lowest BCUT2D eigenvalue weighted by atomic mass is 9.87. The van der Waals surface area contributed by atoms with Crippen molar-refractivity contribution in [2.24, 2.45) is 0 Å². The van der Waals surface area contributed by atoms with Crippen molar-refractivity contribution in [1.82, 2.24) is 5.32 Å². The SMILES string of the molecule is N#Cc1cc(-c2cc3c4c(c2)C2CNCCC2N4CCSC3)ccc1F. The zero-order valence-electron chi connectivity index (χ0n) is 14.5. The summed E-state index contributed by atoms with van der Waals surface area (Å²) in [6, 6.07) is 12.0. The van der Waals surface area contributed by atoms with Gasteiger partial charge in [0.15, 0.2) is 0 Å². The van der Waals surface area contributed by atoms with Gasteiger partial charge in [-0.3, -0.25) is 0 Å². The van der Waals surface area contributed by atoms with Crippen LogP contribution in [0.5, 0.6) is 0 Å². The minimum absolute atomic E-state index is 0.113. The molecule has 2 aromatic carbocycles. The molecular formula is C21H20FN3S. The van der Waals surface area contributed by atoms with Crippen molar-refractivity contribution in [3.8, 4) is 17.2 Å². The van der Waals surface area contributed by atoms with Gasteiger partial charge in [-0.2, -0.15) is 17.0 Å². The third-order valence-corrected chi connectivity index (χ3v) is 6.89. The highest BCUT2D eigenvalue weighted by atomic mass is 32.2. The molecule has 0 aromatic heterocycles. The standard InChI is InChI=1S/C21H20FN3S/c22-19-2-1-13(7-15(19)10-23)14-8-16-12-26-6-5-25-20-3-4-24-11-18(20)17(9-14)21(16)25/h1-2,7-9,18,20,24H,3-6,11-12H2. The average molecular weight is 365 g/mol. The van der Waals surface area contributed by atoms with E-state index in [-0.39, 0.29) is 5.56 Å². The number of nitrogens with zero attached hydrogens (tertiary/aromatic N) is 2. The molecule has 0 amide bonds. The van der Waals surface area contributed by atoms with Crippen LogP contribution in [-0.4, -0.2) is 31.4 Å². The maximum atomic E-state index is 13.7. The van der Waals surface area contributed by atoms with Crippen LogP contribution >= 0.6 is 11.8 Å². The first-order chi connectivity index (χ1) is 12.8. The second-order valence-corrected chi connectivity index (χ2v) is 8.40. The van der Waals surface area contributed by atoms with E-state index in [1.165, 1.54) is 29.3 Å². The molecule has 3 heterocycles. The second kappa shape index (κ2) is 6.29. The fourth-order valence-electron chi connectivity index (χ4n) is 4.74. The zero-order chi connectivity index (χ0) is 17.7. The number of fused-ring (bicyclic) bond motifs is 3. The molecule has 2 aromatic rings. The molecule has 1 saturated heterocycles. The van der Waals surface area contributed by atoms with Crippen LogP contribution in [0.4, 0.5) is 10.1 Å². The Morgan fingerprint density at radius 1 is 1.23 bits per heavy atom. The molecule has 3 aliphatic rings. The fraction of sp³-hybridized carbons (Fsp3) is 0.381. The van der Waals surface area contributed by atoms with Gasteiger partial charge in [-0.25, -0.2) is 4.39 Å². The van der Waals surface area contributed by atoms with E-state index >= 15 is 0 Å². The highest BCUT2D eigenvalue weighted by molar-refractivity contribution is 7.98. The first-order valence-corrected chi connectivity index (χ1v) is 10.3. The topological polar surface area (TPSA) is 39.1 Å². The predicted octanol–water partition coefficient (Wildman–Crippen LogP) is 3.88. The summed E-state index contributed by atoms with van der Waals surface area (Å²) in [6.45, 7) is 3.24. The molecule has 26 heavy (non-hydrogen) atoms. The van der Waals surface area contributed by atoms with Crippen molar-refractivity contribution in [2.75, 3.05) is 30.3 Å². The van der Waals surface area contributed by atoms with E-state index in [1.54, 1.807) is 12.1 Å². The molecule has 3 nitrogen and oxygen atoms in total. The van der Waals surface area contributed by atoms with Crippen LogP contribution in [0.25, 0.3) is 11.1 Å². The molecule has 5 rings (SSSR count). The smallest absolute Gasteiger partial charge is 0.140 e. The molecule has 5 heteroatoms. The van der Waals surface area contributed by atoms with E-state index < -0.39 is 5.82 Å². The van der Waals surface area contributed by atoms with Gasteiger partial charge >= 0.3 is 0 Å². The number of hydrogen-bond donors (Lipinski definition) is 1. The summed E-state index contributed by atoms with van der Waals surface area (Å²) in [5.41, 5.74) is 6.40. The summed E-state index contributed by atoms with van der Waals surface area (Å²) in [5.74, 6) is 2.26. The molecule has 0 spiro atoms. The van der Waals surface area contributed by atoms with Crippen molar-refractivity contribution in [2.45, 2.75) is 24.1 Å². The first kappa shape index (κ1) is 16.2. The average Bonchev–Trinajstić information content (AvgIpc) is 2.84. The summed E-state index contributed by atoms with van der Waals surface area (Å²) >= 11 is 1.99. The van der Waals surface area contributed by atoms with Gasteiger partial charge in [-0.05, 0) is 59.5 Å². The number of halogens is 1. The number of nitrogens with one attached hydrogen (secondary N) is 1. The van der Waals surface area contributed by atoms with Gasteiger partial charge in [0.1, 0.15) is 11.9 Å². The maximum absolute atomic E-state index is 13.7. The van der Waals surface area contributed by atoms with Gasteiger partial charge in [-0.1, -0.05) is 6.07 Å². The number of rotatable bonds is 1. The van der Waals surface area contributed by atoms with E-state index in [9.17, 15) is 9.65 Å². The van der Waals surface area contributed by atoms with Crippen LogP contribution in [0, 0.1) is 17.1 Å². The summed E-state index contributed by atoms with van der Waals surface area (Å²) in [7, 11) is 0. The third kappa shape index (κ3) is 2.44. The number of hydrogen-bond acceptors (Lipinski definition) is 4. The number of nitriles is 1. The zero-order valence-corrected chi connectivity index (χ0v) is 15.3. The molecule has 132 valence electrons. The van der Waals surface area contributed by atoms with E-state index in [0.717, 1.165) is 42.3 Å². The molecule has 2 atom stereocenters. The number of piperidine rings is 1. The highest BCUT2D eigenvalue weighted by Crippen LogP contribution is 2.49. The number of benzene rings is 2. The quantitative estimate of drug-likeness (QED) is 0.833. The normalized spacial score (nSPS) is 23.8. The van der Waals surface area contributed by atoms with E-state index in [4.69, 9.17) is 0 Å². The van der Waals surface area contributed by atoms with Crippen molar-refractivity contribution in [3.63, 3.8) is 0 Å². The van der Waals surface area contributed by atoms with Crippen molar-refractivity contribution in [1.29, 1.82) is 5.26 Å². The largest absolute Gasteiger partial charge is 0.367 e. The van der Waals surface area contributed by atoms with Crippen molar-refractivity contribution < 1.29 is 4.39 Å². The predicted molar refractivity (Wildman–Crippen MR) is 104 cm³/mol. The lowest BCUT2D eigenvalue weighted by molar-refractivity contribution is 0.406. The Balaban J connectivity index is 1.67. The molecular weight excluding hydrogens is 345 g/mol. The molecule has 0 saturated carbocycles. The highest BCUT2D eigenvalue weighted by Gasteiger charge is 2.41. The van der Waals surface area contributed by atoms with Crippen molar-refractivity contribution in [3.05, 3.63) is 52.8 Å². The van der Waals surface area contributed by atoms with Gasteiger partial charge in [0.05, 0.1) is 5.56 Å². The molecule has 3 aliphatic heterocycles. The van der Waals surface area contributed by atoms with Gasteiger partial charge in [0.2, 0.25) is 0 Å².